The number of hydrogen-bond donors (Lipinski definition) is 1. The second kappa shape index (κ2) is 5.97. The number of rotatable bonds is 3. The molecule has 1 fully saturated rings. The first-order valence-electron chi connectivity index (χ1n) is 7.68. The monoisotopic (exact) mass is 279 g/mol. The van der Waals surface area contributed by atoms with Gasteiger partial charge in [-0.1, -0.05) is 20.8 Å². The average molecular weight is 279 g/mol. The van der Waals surface area contributed by atoms with E-state index in [9.17, 15) is 0 Å². The predicted octanol–water partition coefficient (Wildman–Crippen LogP) is 5.31. The molecule has 0 saturated heterocycles. The van der Waals surface area contributed by atoms with Gasteiger partial charge in [0.15, 0.2) is 0 Å². The summed E-state index contributed by atoms with van der Waals surface area (Å²) in [6.07, 6.45) is 5.46. The van der Waals surface area contributed by atoms with E-state index in [2.05, 4.69) is 52.1 Å². The molecule has 0 bridgehead atoms. The predicted molar refractivity (Wildman–Crippen MR) is 85.8 cm³/mol. The van der Waals surface area contributed by atoms with Crippen molar-refractivity contribution in [2.75, 3.05) is 0 Å². The Morgan fingerprint density at radius 1 is 1.16 bits per heavy atom. The average Bonchev–Trinajstić information content (AvgIpc) is 2.75. The lowest BCUT2D eigenvalue weighted by molar-refractivity contribution is 0.157. The van der Waals surface area contributed by atoms with Crippen molar-refractivity contribution in [1.29, 1.82) is 0 Å². The number of aryl methyl sites for hydroxylation is 1. The second-order valence-corrected chi connectivity index (χ2v) is 8.57. The van der Waals surface area contributed by atoms with Gasteiger partial charge in [-0.15, -0.1) is 11.3 Å². The molecule has 1 heterocycles. The van der Waals surface area contributed by atoms with Crippen LogP contribution in [0.2, 0.25) is 0 Å². The number of nitrogens with one attached hydrogen (secondary N) is 1. The fourth-order valence-corrected chi connectivity index (χ4v) is 4.14. The second-order valence-electron chi connectivity index (χ2n) is 7.25. The first-order valence-corrected chi connectivity index (χ1v) is 8.50. The van der Waals surface area contributed by atoms with Crippen molar-refractivity contribution in [3.05, 3.63) is 21.9 Å². The highest BCUT2D eigenvalue weighted by atomic mass is 32.1. The highest BCUT2D eigenvalue weighted by molar-refractivity contribution is 7.12. The molecule has 1 aromatic heterocycles. The maximum atomic E-state index is 3.83. The molecule has 1 aromatic rings. The standard InChI is InChI=1S/C17H29NS/c1-12-6-11-16(19-12)13(2)18-15-9-7-14(8-10-15)17(3,4)5/h6,11,13-15,18H,7-10H2,1-5H3. The van der Waals surface area contributed by atoms with Gasteiger partial charge in [-0.3, -0.25) is 0 Å². The maximum Gasteiger partial charge on any atom is 0.0388 e. The lowest BCUT2D eigenvalue weighted by atomic mass is 9.71. The molecule has 108 valence electrons. The van der Waals surface area contributed by atoms with Gasteiger partial charge in [-0.05, 0) is 63.0 Å². The van der Waals surface area contributed by atoms with Gasteiger partial charge in [0, 0.05) is 21.8 Å². The van der Waals surface area contributed by atoms with Crippen LogP contribution in [0.25, 0.3) is 0 Å². The molecular weight excluding hydrogens is 250 g/mol. The minimum absolute atomic E-state index is 0.488. The largest absolute Gasteiger partial charge is 0.307 e. The van der Waals surface area contributed by atoms with Crippen molar-refractivity contribution in [2.45, 2.75) is 72.4 Å². The van der Waals surface area contributed by atoms with Crippen molar-refractivity contribution in [3.63, 3.8) is 0 Å². The fraction of sp³-hybridized carbons (Fsp3) is 0.765. The topological polar surface area (TPSA) is 12.0 Å². The first-order chi connectivity index (χ1) is 8.86. The van der Waals surface area contributed by atoms with Crippen LogP contribution in [0, 0.1) is 18.3 Å². The first kappa shape index (κ1) is 15.1. The zero-order valence-electron chi connectivity index (χ0n) is 13.1. The van der Waals surface area contributed by atoms with Crippen LogP contribution in [-0.2, 0) is 0 Å². The molecule has 19 heavy (non-hydrogen) atoms. The van der Waals surface area contributed by atoms with Crippen LogP contribution in [0.5, 0.6) is 0 Å². The van der Waals surface area contributed by atoms with E-state index < -0.39 is 0 Å². The molecule has 0 radical (unpaired) electrons. The summed E-state index contributed by atoms with van der Waals surface area (Å²) >= 11 is 1.93. The minimum Gasteiger partial charge on any atom is -0.307 e. The molecule has 1 unspecified atom stereocenters. The highest BCUT2D eigenvalue weighted by Crippen LogP contribution is 2.38. The van der Waals surface area contributed by atoms with Crippen LogP contribution in [-0.4, -0.2) is 6.04 Å². The van der Waals surface area contributed by atoms with E-state index in [1.807, 2.05) is 11.3 Å². The van der Waals surface area contributed by atoms with Gasteiger partial charge >= 0.3 is 0 Å². The van der Waals surface area contributed by atoms with Crippen molar-refractivity contribution < 1.29 is 0 Å². The molecule has 0 amide bonds. The Morgan fingerprint density at radius 3 is 2.26 bits per heavy atom. The Morgan fingerprint density at radius 2 is 1.79 bits per heavy atom. The molecule has 0 aliphatic heterocycles. The minimum atomic E-state index is 0.488. The van der Waals surface area contributed by atoms with Gasteiger partial charge < -0.3 is 5.32 Å². The third-order valence-electron chi connectivity index (χ3n) is 4.63. The highest BCUT2D eigenvalue weighted by Gasteiger charge is 2.30. The fourth-order valence-electron chi connectivity index (χ4n) is 3.25. The van der Waals surface area contributed by atoms with Crippen LogP contribution < -0.4 is 5.32 Å². The van der Waals surface area contributed by atoms with Crippen LogP contribution in [0.4, 0.5) is 0 Å². The van der Waals surface area contributed by atoms with E-state index in [1.54, 1.807) is 0 Å². The number of thiophene rings is 1. The van der Waals surface area contributed by atoms with Gasteiger partial charge in [0.1, 0.15) is 0 Å². The van der Waals surface area contributed by atoms with E-state index >= 15 is 0 Å². The van der Waals surface area contributed by atoms with E-state index in [1.165, 1.54) is 35.4 Å². The maximum absolute atomic E-state index is 3.83. The van der Waals surface area contributed by atoms with Gasteiger partial charge in [-0.25, -0.2) is 0 Å². The summed E-state index contributed by atoms with van der Waals surface area (Å²) in [6, 6.07) is 5.73. The molecule has 1 atom stereocenters. The SMILES string of the molecule is Cc1ccc(C(C)NC2CCC(C(C)(C)C)CC2)s1. The van der Waals surface area contributed by atoms with E-state index in [0.717, 1.165) is 12.0 Å². The molecular formula is C17H29NS. The van der Waals surface area contributed by atoms with Crippen molar-refractivity contribution in [1.82, 2.24) is 5.32 Å². The number of hydrogen-bond acceptors (Lipinski definition) is 2. The van der Waals surface area contributed by atoms with Gasteiger partial charge in [0.05, 0.1) is 0 Å². The molecule has 1 N–H and O–H groups in total. The molecule has 1 aliphatic rings. The molecule has 1 aliphatic carbocycles. The zero-order valence-corrected chi connectivity index (χ0v) is 13.9. The van der Waals surface area contributed by atoms with Crippen LogP contribution >= 0.6 is 11.3 Å². The summed E-state index contributed by atoms with van der Waals surface area (Å²) in [5.74, 6) is 0.907. The van der Waals surface area contributed by atoms with Gasteiger partial charge in [0.25, 0.3) is 0 Å². The summed E-state index contributed by atoms with van der Waals surface area (Å²) in [5.41, 5.74) is 0.488. The van der Waals surface area contributed by atoms with E-state index in [4.69, 9.17) is 0 Å². The lowest BCUT2D eigenvalue weighted by Gasteiger charge is -2.38. The smallest absolute Gasteiger partial charge is 0.0388 e. The summed E-state index contributed by atoms with van der Waals surface area (Å²) in [4.78, 5) is 2.90. The Kier molecular flexibility index (Phi) is 4.73. The summed E-state index contributed by atoms with van der Waals surface area (Å²) in [6.45, 7) is 11.7. The van der Waals surface area contributed by atoms with Crippen LogP contribution in [0.15, 0.2) is 12.1 Å². The Labute approximate surface area is 122 Å². The van der Waals surface area contributed by atoms with Crippen molar-refractivity contribution in [2.24, 2.45) is 11.3 Å². The molecule has 2 rings (SSSR count). The molecule has 0 spiro atoms. The van der Waals surface area contributed by atoms with E-state index in [-0.39, 0.29) is 0 Å². The summed E-state index contributed by atoms with van der Waals surface area (Å²) in [5, 5.41) is 3.83. The molecule has 0 aromatic carbocycles. The quantitative estimate of drug-likeness (QED) is 0.790. The van der Waals surface area contributed by atoms with Crippen molar-refractivity contribution in [3.8, 4) is 0 Å². The van der Waals surface area contributed by atoms with Crippen LogP contribution in [0.3, 0.4) is 0 Å². The lowest BCUT2D eigenvalue weighted by Crippen LogP contribution is -2.37. The third kappa shape index (κ3) is 4.06. The van der Waals surface area contributed by atoms with Gasteiger partial charge in [0.2, 0.25) is 0 Å². The van der Waals surface area contributed by atoms with Crippen molar-refractivity contribution >= 4 is 11.3 Å². The Balaban J connectivity index is 1.82. The summed E-state index contributed by atoms with van der Waals surface area (Å²) < 4.78 is 0. The molecule has 1 saturated carbocycles. The van der Waals surface area contributed by atoms with Crippen LogP contribution in [0.1, 0.15) is 69.2 Å². The molecule has 1 nitrogen and oxygen atoms in total. The zero-order chi connectivity index (χ0) is 14.0. The third-order valence-corrected chi connectivity index (χ3v) is 5.81. The van der Waals surface area contributed by atoms with E-state index in [0.29, 0.717) is 11.5 Å². The summed E-state index contributed by atoms with van der Waals surface area (Å²) in [7, 11) is 0. The Bertz CT molecular complexity index is 394. The van der Waals surface area contributed by atoms with Gasteiger partial charge in [-0.2, -0.15) is 0 Å². The Hall–Kier alpha value is -0.340. The normalized spacial score (nSPS) is 26.4. The molecule has 2 heteroatoms.